The Morgan fingerprint density at radius 1 is 1.07 bits per heavy atom. The summed E-state index contributed by atoms with van der Waals surface area (Å²) in [6.45, 7) is 9.87. The summed E-state index contributed by atoms with van der Waals surface area (Å²) in [5.74, 6) is 0.0146. The molecule has 2 aromatic carbocycles. The molecule has 0 radical (unpaired) electrons. The Morgan fingerprint density at radius 2 is 1.70 bits per heavy atom. The summed E-state index contributed by atoms with van der Waals surface area (Å²) >= 11 is 1.64. The van der Waals surface area contributed by atoms with Crippen LogP contribution in [0.2, 0.25) is 0 Å². The second-order valence-electron chi connectivity index (χ2n) is 10.4. The number of likely N-dealkylation sites (tertiary alicyclic amines) is 1. The van der Waals surface area contributed by atoms with Crippen molar-refractivity contribution in [3.8, 4) is 11.5 Å². The number of carbonyl (C=O) groups excluding carboxylic acids is 2. The van der Waals surface area contributed by atoms with E-state index < -0.39 is 17.7 Å². The van der Waals surface area contributed by atoms with Crippen LogP contribution in [-0.2, 0) is 11.8 Å². The summed E-state index contributed by atoms with van der Waals surface area (Å²) in [6.07, 6.45) is 5.34. The maximum absolute atomic E-state index is 12.6. The van der Waals surface area contributed by atoms with Crippen LogP contribution in [0.15, 0.2) is 53.7 Å². The molecule has 1 amide bonds. The molecule has 1 aliphatic heterocycles. The third kappa shape index (κ3) is 7.88. The van der Waals surface area contributed by atoms with Gasteiger partial charge in [0.05, 0.1) is 12.4 Å². The summed E-state index contributed by atoms with van der Waals surface area (Å²) in [5, 5.41) is 13.0. The average Bonchev–Trinajstić information content (AvgIpc) is 3.55. The van der Waals surface area contributed by atoms with Gasteiger partial charge in [0.25, 0.3) is 0 Å². The molecule has 1 atom stereocenters. The van der Waals surface area contributed by atoms with Crippen LogP contribution in [0.4, 0.5) is 4.79 Å². The molecule has 0 aliphatic carbocycles. The zero-order valence-electron chi connectivity index (χ0n) is 24.1. The zero-order chi connectivity index (χ0) is 29.6. The Balaban J connectivity index is 0.000000241. The third-order valence-electron chi connectivity index (χ3n) is 6.56. The second kappa shape index (κ2) is 13.0. The molecule has 0 spiro atoms. The van der Waals surface area contributed by atoms with E-state index in [-0.39, 0.29) is 11.7 Å². The molecule has 9 nitrogen and oxygen atoms in total. The van der Waals surface area contributed by atoms with Crippen molar-refractivity contribution in [3.63, 3.8) is 0 Å². The number of ketones is 1. The van der Waals surface area contributed by atoms with Crippen molar-refractivity contribution in [1.82, 2.24) is 14.7 Å². The number of amides is 1. The van der Waals surface area contributed by atoms with E-state index in [0.29, 0.717) is 36.6 Å². The molecular formula is C30H37N3O6S. The first kappa shape index (κ1) is 30.7. The van der Waals surface area contributed by atoms with Crippen LogP contribution < -0.4 is 9.47 Å². The number of hydrogen-bond acceptors (Lipinski definition) is 7. The van der Waals surface area contributed by atoms with E-state index in [9.17, 15) is 14.4 Å². The van der Waals surface area contributed by atoms with Gasteiger partial charge in [-0.25, -0.2) is 9.59 Å². The molecule has 1 N–H and O–H groups in total. The number of aromatic nitrogens is 2. The summed E-state index contributed by atoms with van der Waals surface area (Å²) in [4.78, 5) is 38.4. The van der Waals surface area contributed by atoms with Crippen molar-refractivity contribution >= 4 is 29.6 Å². The quantitative estimate of drug-likeness (QED) is 0.286. The number of Topliss-reactive ketones (excluding diaryl/α,β-unsaturated/α-hetero) is 1. The molecule has 1 aliphatic rings. The lowest BCUT2D eigenvalue weighted by atomic mass is 9.97. The number of aliphatic carboxylic acids is 1. The number of aryl methyl sites for hydroxylation is 4. The Bertz CT molecular complexity index is 1340. The number of ether oxygens (including phenoxy) is 2. The van der Waals surface area contributed by atoms with Gasteiger partial charge in [0.2, 0.25) is 0 Å². The Morgan fingerprint density at radius 3 is 2.23 bits per heavy atom. The molecule has 0 saturated carbocycles. The van der Waals surface area contributed by atoms with E-state index in [0.717, 1.165) is 21.6 Å². The van der Waals surface area contributed by atoms with E-state index >= 15 is 0 Å². The minimum atomic E-state index is -1.20. The second-order valence-corrected chi connectivity index (χ2v) is 11.3. The first-order valence-electron chi connectivity index (χ1n) is 12.9. The molecule has 214 valence electrons. The molecule has 3 aromatic rings. The highest BCUT2D eigenvalue weighted by molar-refractivity contribution is 7.98. The number of carboxylic acids is 1. The molecule has 0 bridgehead atoms. The van der Waals surface area contributed by atoms with Gasteiger partial charge in [-0.05, 0) is 70.6 Å². The third-order valence-corrected chi connectivity index (χ3v) is 7.30. The van der Waals surface area contributed by atoms with Crippen LogP contribution in [-0.4, -0.2) is 62.6 Å². The van der Waals surface area contributed by atoms with Crippen LogP contribution in [0.1, 0.15) is 47.3 Å². The van der Waals surface area contributed by atoms with Crippen LogP contribution >= 0.6 is 11.8 Å². The van der Waals surface area contributed by atoms with E-state index in [1.165, 1.54) is 6.20 Å². The lowest BCUT2D eigenvalue weighted by Gasteiger charge is -2.24. The molecule has 2 heterocycles. The molecule has 10 heteroatoms. The number of thioether (sulfide) groups is 1. The molecule has 1 saturated heterocycles. The van der Waals surface area contributed by atoms with Crippen molar-refractivity contribution in [2.45, 2.75) is 51.5 Å². The average molecular weight is 568 g/mol. The van der Waals surface area contributed by atoms with Crippen LogP contribution in [0.5, 0.6) is 11.5 Å². The summed E-state index contributed by atoms with van der Waals surface area (Å²) in [6, 6.07) is 11.6. The number of carbonyl (C=O) groups is 3. The summed E-state index contributed by atoms with van der Waals surface area (Å²) in [5.41, 5.74) is 2.57. The first-order chi connectivity index (χ1) is 18.8. The highest BCUT2D eigenvalue weighted by atomic mass is 32.2. The van der Waals surface area contributed by atoms with Gasteiger partial charge in [-0.1, -0.05) is 29.8 Å². The van der Waals surface area contributed by atoms with Crippen LogP contribution in [0.25, 0.3) is 0 Å². The predicted octanol–water partition coefficient (Wildman–Crippen LogP) is 5.70. The van der Waals surface area contributed by atoms with Crippen LogP contribution in [0.3, 0.4) is 0 Å². The maximum atomic E-state index is 12.6. The fourth-order valence-corrected chi connectivity index (χ4v) is 4.78. The summed E-state index contributed by atoms with van der Waals surface area (Å²) < 4.78 is 12.4. The monoisotopic (exact) mass is 567 g/mol. The van der Waals surface area contributed by atoms with Crippen molar-refractivity contribution in [3.05, 3.63) is 71.0 Å². The first-order valence-corrected chi connectivity index (χ1v) is 14.2. The standard InChI is InChI=1S/C17H19N3O3S.C13H18O3/c1-19-11-14(9-18-19)23-17(22)20-8-7-13(10-20)16(21)12-3-5-15(24-2)6-4-12;1-8-6-9(2)11(10(3)7-8)16-13(4,5)12(14)15/h3-6,9,11,13H,7-8,10H2,1-2H3;6-7H,1-5H3,(H,14,15). The molecule has 1 aromatic heterocycles. The van der Waals surface area contributed by atoms with Gasteiger partial charge < -0.3 is 19.5 Å². The number of nitrogens with zero attached hydrogens (tertiary/aromatic N) is 3. The van der Waals surface area contributed by atoms with Gasteiger partial charge in [-0.3, -0.25) is 9.48 Å². The minimum Gasteiger partial charge on any atom is -0.478 e. The Hall–Kier alpha value is -3.79. The number of hydrogen-bond donors (Lipinski definition) is 1. The maximum Gasteiger partial charge on any atom is 0.415 e. The smallest absolute Gasteiger partial charge is 0.415 e. The van der Waals surface area contributed by atoms with Crippen molar-refractivity contribution in [2.24, 2.45) is 13.0 Å². The van der Waals surface area contributed by atoms with Crippen molar-refractivity contribution < 1.29 is 29.0 Å². The number of benzene rings is 2. The van der Waals surface area contributed by atoms with Gasteiger partial charge in [0.1, 0.15) is 5.75 Å². The lowest BCUT2D eigenvalue weighted by Crippen LogP contribution is -2.38. The largest absolute Gasteiger partial charge is 0.478 e. The topological polar surface area (TPSA) is 111 Å². The van der Waals surface area contributed by atoms with E-state index in [1.807, 2.05) is 63.4 Å². The molecule has 40 heavy (non-hydrogen) atoms. The van der Waals surface area contributed by atoms with Crippen molar-refractivity contribution in [1.29, 1.82) is 0 Å². The van der Waals surface area contributed by atoms with Crippen molar-refractivity contribution in [2.75, 3.05) is 19.3 Å². The van der Waals surface area contributed by atoms with Gasteiger partial charge in [-0.15, -0.1) is 11.8 Å². The molecule has 1 unspecified atom stereocenters. The van der Waals surface area contributed by atoms with Crippen LogP contribution in [0, 0.1) is 26.7 Å². The zero-order valence-corrected chi connectivity index (χ0v) is 24.9. The molecule has 4 rings (SSSR count). The van der Waals surface area contributed by atoms with E-state index in [4.69, 9.17) is 14.6 Å². The van der Waals surface area contributed by atoms with Gasteiger partial charge in [-0.2, -0.15) is 5.10 Å². The van der Waals surface area contributed by atoms with E-state index in [1.54, 1.807) is 48.4 Å². The number of carboxylic acid groups (broad SMARTS) is 1. The van der Waals surface area contributed by atoms with Gasteiger partial charge in [0.15, 0.2) is 17.1 Å². The SMILES string of the molecule is CSc1ccc(C(=O)C2CCN(C(=O)Oc3cnn(C)c3)C2)cc1.Cc1cc(C)c(OC(C)(C)C(=O)O)c(C)c1. The normalized spacial score (nSPS) is 14.8. The van der Waals surface area contributed by atoms with Gasteiger partial charge >= 0.3 is 12.1 Å². The van der Waals surface area contributed by atoms with Gasteiger partial charge in [0, 0.05) is 36.5 Å². The fraction of sp³-hybridized carbons (Fsp3) is 0.400. The van der Waals surface area contributed by atoms with E-state index in [2.05, 4.69) is 5.10 Å². The highest BCUT2D eigenvalue weighted by Crippen LogP contribution is 2.28. The Labute approximate surface area is 239 Å². The Kier molecular flexibility index (Phi) is 10.0. The predicted molar refractivity (Wildman–Crippen MR) is 154 cm³/mol. The molecule has 1 fully saturated rings. The summed E-state index contributed by atoms with van der Waals surface area (Å²) in [7, 11) is 1.75. The fourth-order valence-electron chi connectivity index (χ4n) is 4.37. The lowest BCUT2D eigenvalue weighted by molar-refractivity contribution is -0.152. The molecular weight excluding hydrogens is 530 g/mol. The minimum absolute atomic E-state index is 0.0827. The highest BCUT2D eigenvalue weighted by Gasteiger charge is 2.33. The number of rotatable bonds is 7.